The fourth-order valence-electron chi connectivity index (χ4n) is 3.85. The average molecular weight is 424 g/mol. The molecule has 5 aromatic rings. The lowest BCUT2D eigenvalue weighted by Crippen LogP contribution is -2.30. The highest BCUT2D eigenvalue weighted by atomic mass is 16.5. The average Bonchev–Trinajstić information content (AvgIpc) is 3.49. The van der Waals surface area contributed by atoms with Crippen molar-refractivity contribution in [3.05, 3.63) is 96.7 Å². The SMILES string of the molecule is Cc1[nH]nc2ccc(-c3cncc(OCC(N)Cc4ccc(-n5cccc5)cc4)c3)cc12. The number of fused-ring (bicyclic) bond motifs is 1. The van der Waals surface area contributed by atoms with Gasteiger partial charge in [-0.2, -0.15) is 5.10 Å². The fraction of sp³-hybridized carbons (Fsp3) is 0.154. The van der Waals surface area contributed by atoms with E-state index in [0.717, 1.165) is 39.8 Å². The van der Waals surface area contributed by atoms with E-state index in [1.807, 2.05) is 55.8 Å². The topological polar surface area (TPSA) is 81.8 Å². The number of nitrogens with two attached hydrogens (primary N) is 1. The number of hydrogen-bond acceptors (Lipinski definition) is 4. The van der Waals surface area contributed by atoms with Gasteiger partial charge >= 0.3 is 0 Å². The highest BCUT2D eigenvalue weighted by molar-refractivity contribution is 5.86. The van der Waals surface area contributed by atoms with Crippen molar-refractivity contribution in [3.63, 3.8) is 0 Å². The maximum absolute atomic E-state index is 6.34. The Morgan fingerprint density at radius 3 is 2.62 bits per heavy atom. The van der Waals surface area contributed by atoms with Gasteiger partial charge in [-0.3, -0.25) is 10.1 Å². The number of nitrogens with zero attached hydrogens (tertiary/aromatic N) is 3. The van der Waals surface area contributed by atoms with E-state index < -0.39 is 0 Å². The zero-order chi connectivity index (χ0) is 21.9. The van der Waals surface area contributed by atoms with Crippen LogP contribution in [0.3, 0.4) is 0 Å². The van der Waals surface area contributed by atoms with Gasteiger partial charge in [0.25, 0.3) is 0 Å². The van der Waals surface area contributed by atoms with Crippen LogP contribution in [0, 0.1) is 6.92 Å². The quantitative estimate of drug-likeness (QED) is 0.398. The largest absolute Gasteiger partial charge is 0.490 e. The van der Waals surface area contributed by atoms with Crippen molar-refractivity contribution in [2.45, 2.75) is 19.4 Å². The molecule has 5 rings (SSSR count). The fourth-order valence-corrected chi connectivity index (χ4v) is 3.85. The van der Waals surface area contributed by atoms with Gasteiger partial charge in [0, 0.05) is 47.0 Å². The maximum Gasteiger partial charge on any atom is 0.138 e. The Labute approximate surface area is 186 Å². The normalized spacial score (nSPS) is 12.2. The van der Waals surface area contributed by atoms with Gasteiger partial charge in [0.15, 0.2) is 0 Å². The van der Waals surface area contributed by atoms with Crippen LogP contribution in [0.2, 0.25) is 0 Å². The van der Waals surface area contributed by atoms with E-state index in [2.05, 4.69) is 50.1 Å². The molecule has 0 saturated heterocycles. The molecular weight excluding hydrogens is 398 g/mol. The number of pyridine rings is 1. The second-order valence-electron chi connectivity index (χ2n) is 8.02. The van der Waals surface area contributed by atoms with Crippen molar-refractivity contribution in [1.29, 1.82) is 0 Å². The third kappa shape index (κ3) is 4.26. The third-order valence-electron chi connectivity index (χ3n) is 5.59. The summed E-state index contributed by atoms with van der Waals surface area (Å²) in [4.78, 5) is 4.36. The first-order valence-electron chi connectivity index (χ1n) is 10.7. The van der Waals surface area contributed by atoms with Gasteiger partial charge in [-0.05, 0) is 66.9 Å². The van der Waals surface area contributed by atoms with E-state index in [1.165, 1.54) is 5.56 Å². The molecule has 32 heavy (non-hydrogen) atoms. The van der Waals surface area contributed by atoms with Crippen molar-refractivity contribution in [1.82, 2.24) is 19.7 Å². The molecule has 3 aromatic heterocycles. The number of aryl methyl sites for hydroxylation is 1. The number of aromatic amines is 1. The van der Waals surface area contributed by atoms with Crippen LogP contribution in [-0.2, 0) is 6.42 Å². The molecule has 0 amide bonds. The van der Waals surface area contributed by atoms with Crippen molar-refractivity contribution < 1.29 is 4.74 Å². The first kappa shape index (κ1) is 20.0. The Morgan fingerprint density at radius 1 is 1.00 bits per heavy atom. The minimum absolute atomic E-state index is 0.110. The standard InChI is InChI=1S/C26H25N5O/c1-18-25-14-20(6-9-26(25)30-29-18)21-13-24(16-28-15-21)32-17-22(27)12-19-4-7-23(8-5-19)31-10-2-3-11-31/h2-11,13-16,22H,12,17,27H2,1H3,(H,29,30). The number of H-pyrrole nitrogens is 1. The Balaban J connectivity index is 1.22. The molecule has 1 atom stereocenters. The molecule has 0 fully saturated rings. The van der Waals surface area contributed by atoms with Crippen LogP contribution in [0.15, 0.2) is 85.5 Å². The van der Waals surface area contributed by atoms with Gasteiger partial charge in [0.2, 0.25) is 0 Å². The lowest BCUT2D eigenvalue weighted by atomic mass is 10.0. The Hall–Kier alpha value is -3.90. The van der Waals surface area contributed by atoms with Gasteiger partial charge in [-0.25, -0.2) is 0 Å². The molecule has 2 aromatic carbocycles. The molecule has 0 bridgehead atoms. The first-order chi connectivity index (χ1) is 15.7. The molecule has 3 N–H and O–H groups in total. The monoisotopic (exact) mass is 423 g/mol. The molecule has 0 aliphatic heterocycles. The Kier molecular flexibility index (Phi) is 5.44. The van der Waals surface area contributed by atoms with Crippen LogP contribution in [0.25, 0.3) is 27.7 Å². The molecule has 1 unspecified atom stereocenters. The molecule has 0 aliphatic carbocycles. The Morgan fingerprint density at radius 2 is 1.81 bits per heavy atom. The summed E-state index contributed by atoms with van der Waals surface area (Å²) in [5, 5.41) is 8.42. The smallest absolute Gasteiger partial charge is 0.138 e. The Bertz CT molecular complexity index is 1320. The van der Waals surface area contributed by atoms with Crippen molar-refractivity contribution in [2.24, 2.45) is 5.73 Å². The van der Waals surface area contributed by atoms with Crippen LogP contribution in [0.5, 0.6) is 5.75 Å². The van der Waals surface area contributed by atoms with Crippen molar-refractivity contribution in [2.75, 3.05) is 6.61 Å². The molecule has 6 heteroatoms. The lowest BCUT2D eigenvalue weighted by molar-refractivity contribution is 0.286. The van der Waals surface area contributed by atoms with Crippen LogP contribution >= 0.6 is 0 Å². The zero-order valence-corrected chi connectivity index (χ0v) is 17.9. The summed E-state index contributed by atoms with van der Waals surface area (Å²) in [6, 6.07) is 20.6. The highest BCUT2D eigenvalue weighted by Crippen LogP contribution is 2.27. The summed E-state index contributed by atoms with van der Waals surface area (Å²) in [6.45, 7) is 2.44. The van der Waals surface area contributed by atoms with Crippen molar-refractivity contribution in [3.8, 4) is 22.6 Å². The van der Waals surface area contributed by atoms with Gasteiger partial charge in [-0.15, -0.1) is 0 Å². The minimum atomic E-state index is -0.110. The molecule has 0 aliphatic rings. The van der Waals surface area contributed by atoms with E-state index in [-0.39, 0.29) is 6.04 Å². The number of rotatable bonds is 7. The zero-order valence-electron chi connectivity index (χ0n) is 17.9. The molecule has 0 saturated carbocycles. The number of aromatic nitrogens is 4. The highest BCUT2D eigenvalue weighted by Gasteiger charge is 2.09. The van der Waals surface area contributed by atoms with Gasteiger partial charge in [0.05, 0.1) is 11.7 Å². The molecular formula is C26H25N5O. The predicted octanol–water partition coefficient (Wildman–Crippen LogP) is 4.67. The number of ether oxygens (including phenoxy) is 1. The summed E-state index contributed by atoms with van der Waals surface area (Å²) in [5.41, 5.74) is 12.7. The van der Waals surface area contributed by atoms with Gasteiger partial charge in [-0.1, -0.05) is 18.2 Å². The van der Waals surface area contributed by atoms with E-state index in [4.69, 9.17) is 10.5 Å². The van der Waals surface area contributed by atoms with E-state index in [1.54, 1.807) is 6.20 Å². The van der Waals surface area contributed by atoms with Crippen LogP contribution in [0.1, 0.15) is 11.3 Å². The minimum Gasteiger partial charge on any atom is -0.490 e. The second-order valence-corrected chi connectivity index (χ2v) is 8.02. The van der Waals surface area contributed by atoms with Gasteiger partial charge in [0.1, 0.15) is 12.4 Å². The molecule has 0 radical (unpaired) electrons. The van der Waals surface area contributed by atoms with Crippen LogP contribution in [-0.4, -0.2) is 32.4 Å². The van der Waals surface area contributed by atoms with Gasteiger partial charge < -0.3 is 15.0 Å². The number of benzene rings is 2. The number of nitrogens with one attached hydrogen (secondary N) is 1. The number of hydrogen-bond donors (Lipinski definition) is 2. The van der Waals surface area contributed by atoms with Crippen LogP contribution in [0.4, 0.5) is 0 Å². The first-order valence-corrected chi connectivity index (χ1v) is 10.7. The molecule has 6 nitrogen and oxygen atoms in total. The van der Waals surface area contributed by atoms with E-state index in [9.17, 15) is 0 Å². The molecule has 3 heterocycles. The summed E-state index contributed by atoms with van der Waals surface area (Å²) in [7, 11) is 0. The lowest BCUT2D eigenvalue weighted by Gasteiger charge is -2.14. The summed E-state index contributed by atoms with van der Waals surface area (Å²) in [5.74, 6) is 0.713. The predicted molar refractivity (Wildman–Crippen MR) is 127 cm³/mol. The van der Waals surface area contributed by atoms with Crippen LogP contribution < -0.4 is 10.5 Å². The third-order valence-corrected chi connectivity index (χ3v) is 5.59. The summed E-state index contributed by atoms with van der Waals surface area (Å²) >= 11 is 0. The summed E-state index contributed by atoms with van der Waals surface area (Å²) < 4.78 is 8.05. The molecule has 0 spiro atoms. The molecule has 160 valence electrons. The van der Waals surface area contributed by atoms with E-state index >= 15 is 0 Å². The second kappa shape index (κ2) is 8.69. The maximum atomic E-state index is 6.34. The summed E-state index contributed by atoms with van der Waals surface area (Å²) in [6.07, 6.45) is 8.38. The van der Waals surface area contributed by atoms with E-state index in [0.29, 0.717) is 12.4 Å². The van der Waals surface area contributed by atoms with Crippen molar-refractivity contribution >= 4 is 10.9 Å².